The number of amides is 1. The molecule has 6 nitrogen and oxygen atoms in total. The van der Waals surface area contributed by atoms with E-state index >= 15 is 0 Å². The Balaban J connectivity index is 1.52. The molecule has 0 spiro atoms. The van der Waals surface area contributed by atoms with E-state index in [9.17, 15) is 4.79 Å². The number of imidazole rings is 1. The molecule has 36 heavy (non-hydrogen) atoms. The Morgan fingerprint density at radius 1 is 1.08 bits per heavy atom. The number of halogens is 1. The van der Waals surface area contributed by atoms with Crippen molar-refractivity contribution in [2.45, 2.75) is 26.3 Å². The van der Waals surface area contributed by atoms with E-state index in [1.807, 2.05) is 61.5 Å². The molecule has 1 N–H and O–H groups in total. The zero-order valence-corrected chi connectivity index (χ0v) is 20.9. The number of ether oxygens (including phenoxy) is 1. The van der Waals surface area contributed by atoms with Crippen molar-refractivity contribution >= 4 is 23.2 Å². The monoisotopic (exact) mass is 499 g/mol. The second-order valence-electron chi connectivity index (χ2n) is 8.60. The fourth-order valence-electron chi connectivity index (χ4n) is 4.36. The van der Waals surface area contributed by atoms with E-state index in [0.29, 0.717) is 24.4 Å². The molecule has 2 aromatic carbocycles. The fourth-order valence-corrected chi connectivity index (χ4v) is 4.59. The SMILES string of the molecule is COc1cccc(-c2nc3ccc(-c4ccc(Cl)cc4C)cn3c2CCC(=O)NCc2ccco2)c1. The van der Waals surface area contributed by atoms with Gasteiger partial charge in [0.05, 0.1) is 31.3 Å². The zero-order valence-electron chi connectivity index (χ0n) is 20.1. The summed E-state index contributed by atoms with van der Waals surface area (Å²) >= 11 is 6.18. The number of carbonyl (C=O) groups is 1. The zero-order chi connectivity index (χ0) is 25.1. The quantitative estimate of drug-likeness (QED) is 0.265. The topological polar surface area (TPSA) is 68.8 Å². The van der Waals surface area contributed by atoms with E-state index in [1.165, 1.54) is 0 Å². The van der Waals surface area contributed by atoms with E-state index in [1.54, 1.807) is 19.4 Å². The third-order valence-electron chi connectivity index (χ3n) is 6.19. The average molecular weight is 500 g/mol. The van der Waals surface area contributed by atoms with Gasteiger partial charge in [0.2, 0.25) is 5.91 Å². The summed E-state index contributed by atoms with van der Waals surface area (Å²) in [6, 6.07) is 21.4. The van der Waals surface area contributed by atoms with Crippen LogP contribution in [0.2, 0.25) is 5.02 Å². The molecule has 0 radical (unpaired) electrons. The van der Waals surface area contributed by atoms with Crippen LogP contribution in [0.3, 0.4) is 0 Å². The largest absolute Gasteiger partial charge is 0.497 e. The predicted molar refractivity (Wildman–Crippen MR) is 141 cm³/mol. The molecule has 3 aromatic heterocycles. The predicted octanol–water partition coefficient (Wildman–Crippen LogP) is 6.48. The lowest BCUT2D eigenvalue weighted by Crippen LogP contribution is -2.23. The number of furan rings is 1. The van der Waals surface area contributed by atoms with Gasteiger partial charge in [-0.15, -0.1) is 0 Å². The minimum absolute atomic E-state index is 0.0531. The first-order valence-corrected chi connectivity index (χ1v) is 12.1. The Bertz CT molecular complexity index is 1520. The van der Waals surface area contributed by atoms with Crippen molar-refractivity contribution in [1.29, 1.82) is 0 Å². The van der Waals surface area contributed by atoms with Crippen LogP contribution in [0.5, 0.6) is 5.75 Å². The molecule has 7 heteroatoms. The molecule has 0 atom stereocenters. The van der Waals surface area contributed by atoms with Crippen molar-refractivity contribution in [1.82, 2.24) is 14.7 Å². The van der Waals surface area contributed by atoms with E-state index in [-0.39, 0.29) is 5.91 Å². The summed E-state index contributed by atoms with van der Waals surface area (Å²) in [6.45, 7) is 2.41. The number of carbonyl (C=O) groups excluding carboxylic acids is 1. The molecule has 5 aromatic rings. The van der Waals surface area contributed by atoms with E-state index in [4.69, 9.17) is 25.7 Å². The number of hydrogen-bond donors (Lipinski definition) is 1. The summed E-state index contributed by atoms with van der Waals surface area (Å²) in [6.07, 6.45) is 4.51. The van der Waals surface area contributed by atoms with Crippen LogP contribution in [0.4, 0.5) is 0 Å². The summed E-state index contributed by atoms with van der Waals surface area (Å²) < 4.78 is 12.8. The maximum Gasteiger partial charge on any atom is 0.220 e. The lowest BCUT2D eigenvalue weighted by atomic mass is 10.0. The van der Waals surface area contributed by atoms with Crippen molar-refractivity contribution in [3.63, 3.8) is 0 Å². The van der Waals surface area contributed by atoms with Gasteiger partial charge in [-0.2, -0.15) is 0 Å². The highest BCUT2D eigenvalue weighted by Crippen LogP contribution is 2.31. The number of pyridine rings is 1. The molecule has 5 rings (SSSR count). The van der Waals surface area contributed by atoms with Crippen molar-refractivity contribution in [2.24, 2.45) is 0 Å². The first-order valence-electron chi connectivity index (χ1n) is 11.7. The fraction of sp³-hybridized carbons (Fsp3) is 0.172. The molecule has 0 fully saturated rings. The van der Waals surface area contributed by atoms with Gasteiger partial charge in [0, 0.05) is 23.2 Å². The second kappa shape index (κ2) is 10.3. The second-order valence-corrected chi connectivity index (χ2v) is 9.04. The molecule has 0 saturated carbocycles. The van der Waals surface area contributed by atoms with Gasteiger partial charge in [-0.05, 0) is 78.6 Å². The van der Waals surface area contributed by atoms with Gasteiger partial charge in [0.15, 0.2) is 0 Å². The number of aromatic nitrogens is 2. The normalized spacial score (nSPS) is 11.1. The number of benzene rings is 2. The smallest absolute Gasteiger partial charge is 0.220 e. The highest BCUT2D eigenvalue weighted by molar-refractivity contribution is 6.30. The van der Waals surface area contributed by atoms with Crippen LogP contribution in [0.25, 0.3) is 28.0 Å². The lowest BCUT2D eigenvalue weighted by Gasteiger charge is -2.10. The van der Waals surface area contributed by atoms with Crippen molar-refractivity contribution < 1.29 is 13.9 Å². The molecular formula is C29H26ClN3O3. The Kier molecular flexibility index (Phi) is 6.78. The Hall–Kier alpha value is -4.03. The number of aryl methyl sites for hydroxylation is 2. The maximum absolute atomic E-state index is 12.7. The minimum atomic E-state index is -0.0531. The third-order valence-corrected chi connectivity index (χ3v) is 6.42. The van der Waals surface area contributed by atoms with Gasteiger partial charge in [-0.3, -0.25) is 4.79 Å². The highest BCUT2D eigenvalue weighted by Gasteiger charge is 2.17. The summed E-state index contributed by atoms with van der Waals surface area (Å²) in [5.74, 6) is 1.42. The molecule has 0 saturated heterocycles. The molecule has 3 heterocycles. The van der Waals surface area contributed by atoms with Crippen LogP contribution >= 0.6 is 11.6 Å². The Morgan fingerprint density at radius 2 is 1.97 bits per heavy atom. The lowest BCUT2D eigenvalue weighted by molar-refractivity contribution is -0.121. The van der Waals surface area contributed by atoms with Crippen LogP contribution < -0.4 is 10.1 Å². The van der Waals surface area contributed by atoms with Crippen LogP contribution in [-0.4, -0.2) is 22.4 Å². The van der Waals surface area contributed by atoms with Crippen molar-refractivity contribution in [3.8, 4) is 28.1 Å². The van der Waals surface area contributed by atoms with Crippen molar-refractivity contribution in [2.75, 3.05) is 7.11 Å². The Labute approximate surface area is 214 Å². The number of hydrogen-bond acceptors (Lipinski definition) is 4. The molecule has 0 bridgehead atoms. The highest BCUT2D eigenvalue weighted by atomic mass is 35.5. The van der Waals surface area contributed by atoms with Gasteiger partial charge < -0.3 is 18.9 Å². The van der Waals surface area contributed by atoms with E-state index in [0.717, 1.165) is 50.8 Å². The van der Waals surface area contributed by atoms with E-state index < -0.39 is 0 Å². The first-order chi connectivity index (χ1) is 17.5. The first kappa shape index (κ1) is 23.7. The molecule has 0 aliphatic rings. The molecular weight excluding hydrogens is 474 g/mol. The van der Waals surface area contributed by atoms with Gasteiger partial charge >= 0.3 is 0 Å². The van der Waals surface area contributed by atoms with Gasteiger partial charge in [-0.25, -0.2) is 4.98 Å². The maximum atomic E-state index is 12.7. The number of nitrogens with one attached hydrogen (secondary N) is 1. The summed E-state index contributed by atoms with van der Waals surface area (Å²) in [7, 11) is 1.65. The van der Waals surface area contributed by atoms with Crippen LogP contribution in [0.15, 0.2) is 83.6 Å². The summed E-state index contributed by atoms with van der Waals surface area (Å²) in [5.41, 5.74) is 6.78. The average Bonchev–Trinajstić information content (AvgIpc) is 3.54. The number of fused-ring (bicyclic) bond motifs is 1. The van der Waals surface area contributed by atoms with Crippen LogP contribution in [-0.2, 0) is 17.8 Å². The van der Waals surface area contributed by atoms with Crippen molar-refractivity contribution in [3.05, 3.63) is 101 Å². The van der Waals surface area contributed by atoms with Gasteiger partial charge in [0.1, 0.15) is 17.2 Å². The molecule has 1 amide bonds. The molecule has 0 aliphatic carbocycles. The van der Waals surface area contributed by atoms with Crippen LogP contribution in [0.1, 0.15) is 23.4 Å². The number of nitrogens with zero attached hydrogens (tertiary/aromatic N) is 2. The van der Waals surface area contributed by atoms with Gasteiger partial charge in [-0.1, -0.05) is 29.8 Å². The van der Waals surface area contributed by atoms with E-state index in [2.05, 4.69) is 22.0 Å². The molecule has 0 unspecified atom stereocenters. The Morgan fingerprint density at radius 3 is 2.75 bits per heavy atom. The summed E-state index contributed by atoms with van der Waals surface area (Å²) in [4.78, 5) is 17.6. The standard InChI is InChI=1S/C29H26ClN3O3/c1-19-15-22(30)9-10-25(19)21-8-12-27-32-29(20-5-3-6-23(16-20)35-2)26(33(27)18-21)11-13-28(34)31-17-24-7-4-14-36-24/h3-10,12,14-16,18H,11,13,17H2,1-2H3,(H,31,34). The number of methoxy groups -OCH3 is 1. The third kappa shape index (κ3) is 4.99. The van der Waals surface area contributed by atoms with Gasteiger partial charge in [0.25, 0.3) is 0 Å². The van der Waals surface area contributed by atoms with Crippen LogP contribution in [0, 0.1) is 6.92 Å². The molecule has 0 aliphatic heterocycles. The summed E-state index contributed by atoms with van der Waals surface area (Å²) in [5, 5.41) is 3.64. The number of rotatable bonds is 8. The molecule has 182 valence electrons. The minimum Gasteiger partial charge on any atom is -0.497 e.